The van der Waals surface area contributed by atoms with E-state index in [4.69, 9.17) is 9.47 Å². The number of para-hydroxylation sites is 1. The van der Waals surface area contributed by atoms with Gasteiger partial charge >= 0.3 is 0 Å². The number of rotatable bonds is 7. The lowest BCUT2D eigenvalue weighted by atomic mass is 10.2. The fourth-order valence-electron chi connectivity index (χ4n) is 1.55. The molecule has 0 saturated carbocycles. The Kier molecular flexibility index (Phi) is 6.18. The summed E-state index contributed by atoms with van der Waals surface area (Å²) >= 11 is 0. The van der Waals surface area contributed by atoms with Crippen LogP contribution in [0.2, 0.25) is 0 Å². The predicted molar refractivity (Wildman–Crippen MR) is 70.7 cm³/mol. The van der Waals surface area contributed by atoms with Gasteiger partial charge in [0.05, 0.1) is 6.61 Å². The van der Waals surface area contributed by atoms with Crippen molar-refractivity contribution in [3.8, 4) is 11.5 Å². The van der Waals surface area contributed by atoms with Crippen molar-refractivity contribution in [1.29, 1.82) is 0 Å². The molecule has 0 spiro atoms. The molecule has 0 aliphatic heterocycles. The molecule has 94 valence electrons. The highest BCUT2D eigenvalue weighted by atomic mass is 16.5. The van der Waals surface area contributed by atoms with E-state index in [2.05, 4.69) is 5.32 Å². The largest absolute Gasteiger partial charge is 0.490 e. The first kappa shape index (κ1) is 13.6. The summed E-state index contributed by atoms with van der Waals surface area (Å²) in [6.07, 6.45) is 3.95. The minimum absolute atomic E-state index is 0.567. The summed E-state index contributed by atoms with van der Waals surface area (Å²) in [6.45, 7) is 5.93. The number of allylic oxidation sites excluding steroid dienone is 1. The first-order valence-corrected chi connectivity index (χ1v) is 5.96. The van der Waals surface area contributed by atoms with E-state index < -0.39 is 0 Å². The minimum Gasteiger partial charge on any atom is -0.490 e. The van der Waals surface area contributed by atoms with Gasteiger partial charge in [-0.1, -0.05) is 24.3 Å². The summed E-state index contributed by atoms with van der Waals surface area (Å²) < 4.78 is 11.3. The molecule has 1 aromatic carbocycles. The van der Waals surface area contributed by atoms with Gasteiger partial charge in [-0.15, -0.1) is 0 Å². The van der Waals surface area contributed by atoms with Gasteiger partial charge in [0.1, 0.15) is 6.61 Å². The van der Waals surface area contributed by atoms with E-state index in [-0.39, 0.29) is 0 Å². The summed E-state index contributed by atoms with van der Waals surface area (Å²) in [6, 6.07) is 5.97. The van der Waals surface area contributed by atoms with Crippen molar-refractivity contribution in [1.82, 2.24) is 5.32 Å². The second-order valence-corrected chi connectivity index (χ2v) is 3.59. The lowest BCUT2D eigenvalue weighted by Crippen LogP contribution is -2.09. The van der Waals surface area contributed by atoms with Gasteiger partial charge in [-0.3, -0.25) is 0 Å². The van der Waals surface area contributed by atoms with E-state index in [0.29, 0.717) is 13.2 Å². The van der Waals surface area contributed by atoms with Crippen LogP contribution in [0, 0.1) is 0 Å². The summed E-state index contributed by atoms with van der Waals surface area (Å²) in [7, 11) is 1.92. The Hall–Kier alpha value is -1.48. The molecular formula is C14H21NO2. The molecule has 0 amide bonds. The Morgan fingerprint density at radius 2 is 2.12 bits per heavy atom. The zero-order chi connectivity index (χ0) is 12.5. The van der Waals surface area contributed by atoms with Crippen molar-refractivity contribution in [2.45, 2.75) is 20.4 Å². The Bertz CT molecular complexity index is 337. The van der Waals surface area contributed by atoms with E-state index in [0.717, 1.165) is 23.6 Å². The number of nitrogens with one attached hydrogen (secondary N) is 1. The predicted octanol–water partition coefficient (Wildman–Crippen LogP) is 2.76. The normalized spacial score (nSPS) is 10.8. The zero-order valence-electron chi connectivity index (χ0n) is 10.8. The average Bonchev–Trinajstić information content (AvgIpc) is 2.33. The fraction of sp³-hybridized carbons (Fsp3) is 0.429. The molecule has 3 nitrogen and oxygen atoms in total. The summed E-state index contributed by atoms with van der Waals surface area (Å²) in [4.78, 5) is 0. The van der Waals surface area contributed by atoms with E-state index in [1.54, 1.807) is 0 Å². The molecule has 0 fully saturated rings. The quantitative estimate of drug-likeness (QED) is 0.737. The third kappa shape index (κ3) is 4.11. The number of benzene rings is 1. The summed E-state index contributed by atoms with van der Waals surface area (Å²) in [5.41, 5.74) is 1.11. The monoisotopic (exact) mass is 235 g/mol. The molecule has 0 aromatic heterocycles. The lowest BCUT2D eigenvalue weighted by molar-refractivity contribution is 0.294. The van der Waals surface area contributed by atoms with Gasteiger partial charge in [0, 0.05) is 12.1 Å². The maximum atomic E-state index is 5.76. The van der Waals surface area contributed by atoms with Gasteiger partial charge in [-0.25, -0.2) is 0 Å². The standard InChI is InChI=1S/C14H21NO2/c1-4-6-10-17-14-12(11-15-3)8-7-9-13(14)16-5-2/h4,6-9,15H,5,10-11H2,1-3H3/b6-4+. The first-order valence-electron chi connectivity index (χ1n) is 5.96. The molecule has 0 radical (unpaired) electrons. The molecular weight excluding hydrogens is 214 g/mol. The molecule has 1 aromatic rings. The third-order valence-corrected chi connectivity index (χ3v) is 2.29. The lowest BCUT2D eigenvalue weighted by Gasteiger charge is -2.14. The fourth-order valence-corrected chi connectivity index (χ4v) is 1.55. The Morgan fingerprint density at radius 3 is 2.76 bits per heavy atom. The van der Waals surface area contributed by atoms with Crippen LogP contribution in [0.4, 0.5) is 0 Å². The van der Waals surface area contributed by atoms with Crippen LogP contribution in [0.25, 0.3) is 0 Å². The molecule has 1 rings (SSSR count). The van der Waals surface area contributed by atoms with Crippen LogP contribution >= 0.6 is 0 Å². The van der Waals surface area contributed by atoms with Crippen molar-refractivity contribution in [2.75, 3.05) is 20.3 Å². The van der Waals surface area contributed by atoms with Gasteiger partial charge in [0.15, 0.2) is 11.5 Å². The first-order chi connectivity index (χ1) is 8.33. The molecule has 17 heavy (non-hydrogen) atoms. The van der Waals surface area contributed by atoms with Gasteiger partial charge in [0.25, 0.3) is 0 Å². The van der Waals surface area contributed by atoms with Gasteiger partial charge < -0.3 is 14.8 Å². The molecule has 0 atom stereocenters. The van der Waals surface area contributed by atoms with Crippen LogP contribution in [-0.2, 0) is 6.54 Å². The SMILES string of the molecule is C/C=C/COc1c(CNC)cccc1OCC. The summed E-state index contributed by atoms with van der Waals surface area (Å²) in [5.74, 6) is 1.64. The van der Waals surface area contributed by atoms with Gasteiger partial charge in [-0.05, 0) is 27.0 Å². The van der Waals surface area contributed by atoms with E-state index in [1.807, 2.05) is 51.2 Å². The van der Waals surface area contributed by atoms with Gasteiger partial charge in [-0.2, -0.15) is 0 Å². The Labute approximate surface area is 103 Å². The smallest absolute Gasteiger partial charge is 0.166 e. The summed E-state index contributed by atoms with van der Waals surface area (Å²) in [5, 5.41) is 3.13. The average molecular weight is 235 g/mol. The van der Waals surface area contributed by atoms with Crippen LogP contribution in [0.1, 0.15) is 19.4 Å². The number of hydrogen-bond donors (Lipinski definition) is 1. The van der Waals surface area contributed by atoms with E-state index >= 15 is 0 Å². The van der Waals surface area contributed by atoms with Crippen LogP contribution in [0.15, 0.2) is 30.4 Å². The molecule has 0 unspecified atom stereocenters. The second kappa shape index (κ2) is 7.74. The highest BCUT2D eigenvalue weighted by Crippen LogP contribution is 2.31. The topological polar surface area (TPSA) is 30.5 Å². The second-order valence-electron chi connectivity index (χ2n) is 3.59. The van der Waals surface area contributed by atoms with Crippen molar-refractivity contribution in [3.63, 3.8) is 0 Å². The van der Waals surface area contributed by atoms with Crippen molar-refractivity contribution >= 4 is 0 Å². The van der Waals surface area contributed by atoms with Crippen LogP contribution < -0.4 is 14.8 Å². The molecule has 0 heterocycles. The van der Waals surface area contributed by atoms with Crippen molar-refractivity contribution in [3.05, 3.63) is 35.9 Å². The van der Waals surface area contributed by atoms with Crippen LogP contribution in [0.5, 0.6) is 11.5 Å². The Balaban J connectivity index is 2.91. The molecule has 3 heteroatoms. The third-order valence-electron chi connectivity index (χ3n) is 2.29. The van der Waals surface area contributed by atoms with E-state index in [1.165, 1.54) is 0 Å². The zero-order valence-corrected chi connectivity index (χ0v) is 10.8. The molecule has 0 bridgehead atoms. The minimum atomic E-state index is 0.567. The van der Waals surface area contributed by atoms with Crippen molar-refractivity contribution in [2.24, 2.45) is 0 Å². The molecule has 1 N–H and O–H groups in total. The van der Waals surface area contributed by atoms with E-state index in [9.17, 15) is 0 Å². The van der Waals surface area contributed by atoms with Crippen molar-refractivity contribution < 1.29 is 9.47 Å². The highest BCUT2D eigenvalue weighted by molar-refractivity contribution is 5.46. The number of hydrogen-bond acceptors (Lipinski definition) is 3. The maximum Gasteiger partial charge on any atom is 0.166 e. The molecule has 0 aliphatic carbocycles. The number of ether oxygens (including phenoxy) is 2. The molecule has 0 saturated heterocycles. The highest BCUT2D eigenvalue weighted by Gasteiger charge is 2.09. The Morgan fingerprint density at radius 1 is 1.29 bits per heavy atom. The van der Waals surface area contributed by atoms with Crippen LogP contribution in [0.3, 0.4) is 0 Å². The molecule has 0 aliphatic rings. The maximum absolute atomic E-state index is 5.76. The van der Waals surface area contributed by atoms with Crippen LogP contribution in [-0.4, -0.2) is 20.3 Å². The van der Waals surface area contributed by atoms with Gasteiger partial charge in [0.2, 0.25) is 0 Å².